The van der Waals surface area contributed by atoms with E-state index in [-0.39, 0.29) is 17.3 Å². The first-order chi connectivity index (χ1) is 7.80. The minimum atomic E-state index is -3.04. The summed E-state index contributed by atoms with van der Waals surface area (Å²) >= 11 is 0. The summed E-state index contributed by atoms with van der Waals surface area (Å²) < 4.78 is 27.6. The Morgan fingerprint density at radius 3 is 2.76 bits per heavy atom. The molecule has 1 atom stereocenters. The molecule has 17 heavy (non-hydrogen) atoms. The van der Waals surface area contributed by atoms with E-state index in [0.29, 0.717) is 12.1 Å². The molecule has 1 N–H and O–H groups in total. The smallest absolute Gasteiger partial charge is 0.290 e. The number of carbonyl (C=O) groups excluding carboxylic acids is 1. The van der Waals surface area contributed by atoms with Crippen LogP contribution < -0.4 is 5.32 Å². The molecule has 0 radical (unpaired) electrons. The summed E-state index contributed by atoms with van der Waals surface area (Å²) in [5.41, 5.74) is -0.101. The third-order valence-corrected chi connectivity index (χ3v) is 4.67. The number of rotatable bonds is 2. The van der Waals surface area contributed by atoms with Crippen molar-refractivity contribution in [2.45, 2.75) is 25.8 Å². The summed E-state index contributed by atoms with van der Waals surface area (Å²) in [5, 5.41) is 6.30. The van der Waals surface area contributed by atoms with Gasteiger partial charge in [-0.2, -0.15) is 0 Å². The van der Waals surface area contributed by atoms with Crippen LogP contribution in [0.4, 0.5) is 0 Å². The summed E-state index contributed by atoms with van der Waals surface area (Å²) in [5.74, 6) is -0.240. The topological polar surface area (TPSA) is 89.3 Å². The van der Waals surface area contributed by atoms with Crippen molar-refractivity contribution in [1.82, 2.24) is 10.5 Å². The molecule has 1 aromatic rings. The summed E-state index contributed by atoms with van der Waals surface area (Å²) in [4.78, 5) is 11.8. The molecule has 1 aromatic heterocycles. The Bertz CT molecular complexity index is 548. The molecule has 7 heteroatoms. The van der Waals surface area contributed by atoms with Crippen LogP contribution in [-0.4, -0.2) is 36.5 Å². The molecule has 0 bridgehead atoms. The number of aromatic nitrogens is 1. The van der Waals surface area contributed by atoms with E-state index in [9.17, 15) is 13.2 Å². The standard InChI is InChI=1S/C10H14N2O4S/c1-7-5-8(16-12-7)9(13)11-10(2)3-4-17(14,15)6-10/h5H,3-4,6H2,1-2H3,(H,11,13). The van der Waals surface area contributed by atoms with Crippen LogP contribution in [0, 0.1) is 6.92 Å². The third kappa shape index (κ3) is 2.66. The fourth-order valence-electron chi connectivity index (χ4n) is 1.92. The molecule has 1 aliphatic heterocycles. The minimum Gasteiger partial charge on any atom is -0.351 e. The van der Waals surface area contributed by atoms with E-state index in [0.717, 1.165) is 0 Å². The second-order valence-corrected chi connectivity index (χ2v) is 6.87. The molecular formula is C10H14N2O4S. The van der Waals surface area contributed by atoms with Gasteiger partial charge in [0.2, 0.25) is 5.76 Å². The molecular weight excluding hydrogens is 244 g/mol. The van der Waals surface area contributed by atoms with E-state index in [1.807, 2.05) is 0 Å². The number of hydrogen-bond donors (Lipinski definition) is 1. The predicted molar refractivity (Wildman–Crippen MR) is 60.4 cm³/mol. The maximum Gasteiger partial charge on any atom is 0.290 e. The van der Waals surface area contributed by atoms with Crippen molar-refractivity contribution in [3.8, 4) is 0 Å². The van der Waals surface area contributed by atoms with Crippen LogP contribution >= 0.6 is 0 Å². The number of hydrogen-bond acceptors (Lipinski definition) is 5. The van der Waals surface area contributed by atoms with Gasteiger partial charge >= 0.3 is 0 Å². The van der Waals surface area contributed by atoms with Gasteiger partial charge in [-0.25, -0.2) is 8.42 Å². The van der Waals surface area contributed by atoms with E-state index >= 15 is 0 Å². The first kappa shape index (κ1) is 12.1. The van der Waals surface area contributed by atoms with Crippen LogP contribution in [0.1, 0.15) is 29.6 Å². The highest BCUT2D eigenvalue weighted by atomic mass is 32.2. The lowest BCUT2D eigenvalue weighted by Gasteiger charge is -2.22. The third-order valence-electron chi connectivity index (χ3n) is 2.77. The van der Waals surface area contributed by atoms with Crippen LogP contribution in [0.15, 0.2) is 10.6 Å². The van der Waals surface area contributed by atoms with Crippen LogP contribution in [0.5, 0.6) is 0 Å². The number of aryl methyl sites for hydroxylation is 1. The fraction of sp³-hybridized carbons (Fsp3) is 0.600. The number of sulfone groups is 1. The number of amides is 1. The van der Waals surface area contributed by atoms with Crippen molar-refractivity contribution in [3.63, 3.8) is 0 Å². The first-order valence-corrected chi connectivity index (χ1v) is 7.08. The SMILES string of the molecule is Cc1cc(C(=O)NC2(C)CCS(=O)(=O)C2)on1. The van der Waals surface area contributed by atoms with Gasteiger partial charge in [0, 0.05) is 6.07 Å². The average Bonchev–Trinajstić information content (AvgIpc) is 2.71. The molecule has 1 saturated heterocycles. The Hall–Kier alpha value is -1.37. The van der Waals surface area contributed by atoms with Gasteiger partial charge in [-0.05, 0) is 20.3 Å². The highest BCUT2D eigenvalue weighted by molar-refractivity contribution is 7.91. The molecule has 1 aliphatic rings. The molecule has 94 valence electrons. The van der Waals surface area contributed by atoms with Gasteiger partial charge in [0.1, 0.15) is 0 Å². The molecule has 0 spiro atoms. The second-order valence-electron chi connectivity index (χ2n) is 4.69. The number of carbonyl (C=O) groups is 1. The molecule has 2 rings (SSSR count). The summed E-state index contributed by atoms with van der Waals surface area (Å²) in [6.45, 7) is 3.43. The number of nitrogens with zero attached hydrogens (tertiary/aromatic N) is 1. The highest BCUT2D eigenvalue weighted by Gasteiger charge is 2.40. The largest absolute Gasteiger partial charge is 0.351 e. The molecule has 0 aromatic carbocycles. The molecule has 1 fully saturated rings. The van der Waals surface area contributed by atoms with Crippen molar-refractivity contribution < 1.29 is 17.7 Å². The Morgan fingerprint density at radius 1 is 1.59 bits per heavy atom. The maximum absolute atomic E-state index is 11.8. The lowest BCUT2D eigenvalue weighted by Crippen LogP contribution is -2.46. The van der Waals surface area contributed by atoms with Crippen molar-refractivity contribution in [1.29, 1.82) is 0 Å². The van der Waals surface area contributed by atoms with Crippen molar-refractivity contribution in [2.75, 3.05) is 11.5 Å². The quantitative estimate of drug-likeness (QED) is 0.823. The lowest BCUT2D eigenvalue weighted by atomic mass is 10.0. The highest BCUT2D eigenvalue weighted by Crippen LogP contribution is 2.23. The van der Waals surface area contributed by atoms with Crippen LogP contribution in [0.3, 0.4) is 0 Å². The van der Waals surface area contributed by atoms with E-state index in [2.05, 4.69) is 10.5 Å². The van der Waals surface area contributed by atoms with Crippen molar-refractivity contribution in [2.24, 2.45) is 0 Å². The molecule has 6 nitrogen and oxygen atoms in total. The fourth-order valence-corrected chi connectivity index (χ4v) is 4.01. The van der Waals surface area contributed by atoms with Crippen molar-refractivity contribution >= 4 is 15.7 Å². The van der Waals surface area contributed by atoms with Crippen LogP contribution in [0.2, 0.25) is 0 Å². The van der Waals surface area contributed by atoms with E-state index < -0.39 is 21.3 Å². The Morgan fingerprint density at radius 2 is 2.29 bits per heavy atom. The summed E-state index contributed by atoms with van der Waals surface area (Å²) in [6.07, 6.45) is 0.425. The zero-order valence-corrected chi connectivity index (χ0v) is 10.5. The second kappa shape index (κ2) is 3.83. The normalized spacial score (nSPS) is 26.9. The Balaban J connectivity index is 2.10. The van der Waals surface area contributed by atoms with Gasteiger partial charge in [0.15, 0.2) is 9.84 Å². The maximum atomic E-state index is 11.8. The zero-order chi connectivity index (χ0) is 12.7. The molecule has 0 aliphatic carbocycles. The number of nitrogens with one attached hydrogen (secondary N) is 1. The van der Waals surface area contributed by atoms with Crippen molar-refractivity contribution in [3.05, 3.63) is 17.5 Å². The van der Waals surface area contributed by atoms with Crippen LogP contribution in [0.25, 0.3) is 0 Å². The summed E-state index contributed by atoms with van der Waals surface area (Å²) in [6, 6.07) is 1.52. The van der Waals surface area contributed by atoms with Gasteiger partial charge < -0.3 is 9.84 Å². The molecule has 1 unspecified atom stereocenters. The summed E-state index contributed by atoms with van der Waals surface area (Å²) in [7, 11) is -3.04. The van der Waals surface area contributed by atoms with Gasteiger partial charge in [-0.15, -0.1) is 0 Å². The Labute approximate surface area is 99.3 Å². The Kier molecular flexibility index (Phi) is 2.73. The first-order valence-electron chi connectivity index (χ1n) is 5.26. The molecule has 0 saturated carbocycles. The monoisotopic (exact) mass is 258 g/mol. The average molecular weight is 258 g/mol. The van der Waals surface area contributed by atoms with E-state index in [1.54, 1.807) is 13.8 Å². The van der Waals surface area contributed by atoms with Gasteiger partial charge in [0.05, 0.1) is 22.7 Å². The lowest BCUT2D eigenvalue weighted by molar-refractivity contribution is 0.0877. The molecule has 2 heterocycles. The van der Waals surface area contributed by atoms with Crippen LogP contribution in [-0.2, 0) is 9.84 Å². The van der Waals surface area contributed by atoms with Gasteiger partial charge in [-0.1, -0.05) is 5.16 Å². The van der Waals surface area contributed by atoms with E-state index in [4.69, 9.17) is 4.52 Å². The predicted octanol–water partition coefficient (Wildman–Crippen LogP) is 0.290. The van der Waals surface area contributed by atoms with E-state index in [1.165, 1.54) is 6.07 Å². The van der Waals surface area contributed by atoms with Gasteiger partial charge in [-0.3, -0.25) is 4.79 Å². The zero-order valence-electron chi connectivity index (χ0n) is 9.69. The molecule has 1 amide bonds. The van der Waals surface area contributed by atoms with Gasteiger partial charge in [0.25, 0.3) is 5.91 Å². The minimum absolute atomic E-state index is 0.0289.